The molecule has 0 atom stereocenters. The van der Waals surface area contributed by atoms with E-state index in [-0.39, 0.29) is 24.0 Å². The minimum atomic E-state index is 0. The largest absolute Gasteiger partial charge is 0.444 e. The van der Waals surface area contributed by atoms with Gasteiger partial charge in [-0.05, 0) is 26.0 Å². The number of aliphatic imine (C=N–C) groups is 1. The summed E-state index contributed by atoms with van der Waals surface area (Å²) in [5.41, 5.74) is 5.15. The van der Waals surface area contributed by atoms with Gasteiger partial charge in [-0.15, -0.1) is 24.0 Å². The van der Waals surface area contributed by atoms with Crippen molar-refractivity contribution in [2.75, 3.05) is 7.05 Å². The highest BCUT2D eigenvalue weighted by Gasteiger charge is 2.09. The number of hydrogen-bond acceptors (Lipinski definition) is 5. The fraction of sp³-hybridized carbons (Fsp3) is 0.208. The van der Waals surface area contributed by atoms with E-state index in [4.69, 9.17) is 8.83 Å². The summed E-state index contributed by atoms with van der Waals surface area (Å²) in [6.07, 6.45) is 3.39. The number of benzene rings is 2. The predicted molar refractivity (Wildman–Crippen MR) is 136 cm³/mol. The summed E-state index contributed by atoms with van der Waals surface area (Å²) in [4.78, 5) is 13.1. The van der Waals surface area contributed by atoms with E-state index in [1.54, 1.807) is 19.5 Å². The van der Waals surface area contributed by atoms with E-state index in [1.165, 1.54) is 11.1 Å². The first-order valence-electron chi connectivity index (χ1n) is 10.1. The monoisotopic (exact) mass is 543 g/mol. The highest BCUT2D eigenvalue weighted by atomic mass is 127. The van der Waals surface area contributed by atoms with Crippen molar-refractivity contribution in [3.05, 3.63) is 83.7 Å². The van der Waals surface area contributed by atoms with Crippen molar-refractivity contribution in [1.29, 1.82) is 0 Å². The number of aromatic nitrogens is 2. The Balaban J connectivity index is 0.00000289. The minimum Gasteiger partial charge on any atom is -0.444 e. The zero-order valence-corrected chi connectivity index (χ0v) is 20.6. The lowest BCUT2D eigenvalue weighted by molar-refractivity contribution is 0.497. The Kier molecular flexibility index (Phi) is 8.04. The molecule has 0 fully saturated rings. The van der Waals surface area contributed by atoms with Crippen LogP contribution in [0.3, 0.4) is 0 Å². The average Bonchev–Trinajstić information content (AvgIpc) is 3.45. The van der Waals surface area contributed by atoms with Gasteiger partial charge in [0.1, 0.15) is 6.26 Å². The fourth-order valence-electron chi connectivity index (χ4n) is 3.01. The third-order valence-corrected chi connectivity index (χ3v) is 4.81. The van der Waals surface area contributed by atoms with Crippen molar-refractivity contribution in [2.45, 2.75) is 26.9 Å². The predicted octanol–water partition coefficient (Wildman–Crippen LogP) is 5.10. The second-order valence-corrected chi connectivity index (χ2v) is 7.27. The Labute approximate surface area is 204 Å². The SMILES string of the molecule is CN=C(NCc1coc(-c2ccc(C)cc2)n1)NCc1ncc(-c2ccc(C)cc2)o1.I. The van der Waals surface area contributed by atoms with Gasteiger partial charge < -0.3 is 19.5 Å². The molecule has 0 saturated carbocycles. The Morgan fingerprint density at radius 1 is 0.906 bits per heavy atom. The number of nitrogens with zero attached hydrogens (tertiary/aromatic N) is 3. The second kappa shape index (κ2) is 10.9. The van der Waals surface area contributed by atoms with Gasteiger partial charge in [0.05, 0.1) is 25.0 Å². The molecule has 2 aromatic carbocycles. The summed E-state index contributed by atoms with van der Waals surface area (Å²) in [5.74, 6) is 2.55. The molecule has 0 amide bonds. The Morgan fingerprint density at radius 2 is 1.53 bits per heavy atom. The molecule has 32 heavy (non-hydrogen) atoms. The molecule has 0 aliphatic rings. The van der Waals surface area contributed by atoms with E-state index in [2.05, 4.69) is 51.6 Å². The van der Waals surface area contributed by atoms with Crippen LogP contribution < -0.4 is 10.6 Å². The van der Waals surface area contributed by atoms with E-state index in [1.807, 2.05) is 36.4 Å². The van der Waals surface area contributed by atoms with Crippen LogP contribution in [0.5, 0.6) is 0 Å². The van der Waals surface area contributed by atoms with Gasteiger partial charge in [-0.3, -0.25) is 4.99 Å². The smallest absolute Gasteiger partial charge is 0.226 e. The zero-order chi connectivity index (χ0) is 21.6. The quantitative estimate of drug-likeness (QED) is 0.200. The van der Waals surface area contributed by atoms with Gasteiger partial charge in [0.25, 0.3) is 0 Å². The first-order valence-corrected chi connectivity index (χ1v) is 10.1. The first kappa shape index (κ1) is 23.5. The molecule has 0 bridgehead atoms. The summed E-state index contributed by atoms with van der Waals surface area (Å²) in [6, 6.07) is 16.2. The van der Waals surface area contributed by atoms with Crippen LogP contribution in [0.15, 0.2) is 74.8 Å². The van der Waals surface area contributed by atoms with Crippen molar-refractivity contribution in [3.8, 4) is 22.8 Å². The molecule has 166 valence electrons. The van der Waals surface area contributed by atoms with Gasteiger partial charge in [-0.25, -0.2) is 9.97 Å². The van der Waals surface area contributed by atoms with Crippen LogP contribution in [0.1, 0.15) is 22.7 Å². The maximum atomic E-state index is 5.84. The lowest BCUT2D eigenvalue weighted by atomic mass is 10.1. The van der Waals surface area contributed by atoms with Crippen molar-refractivity contribution >= 4 is 29.9 Å². The topological polar surface area (TPSA) is 88.5 Å². The maximum Gasteiger partial charge on any atom is 0.226 e. The first-order chi connectivity index (χ1) is 15.1. The number of hydrogen-bond donors (Lipinski definition) is 2. The lowest BCUT2D eigenvalue weighted by Crippen LogP contribution is -2.36. The standard InChI is InChI=1S/C24H25N5O2.HI/c1-16-4-8-18(9-5-16)21-13-26-22(31-21)14-28-24(25-3)27-12-20-15-30-23(29-20)19-10-6-17(2)7-11-19;/h4-11,13,15H,12,14H2,1-3H3,(H2,25,27,28);1H. The number of rotatable bonds is 6. The maximum absolute atomic E-state index is 5.84. The highest BCUT2D eigenvalue weighted by molar-refractivity contribution is 14.0. The molecular formula is C24H26IN5O2. The fourth-order valence-corrected chi connectivity index (χ4v) is 3.01. The number of nitrogens with one attached hydrogen (secondary N) is 2. The van der Waals surface area contributed by atoms with Crippen LogP contribution in [-0.2, 0) is 13.1 Å². The van der Waals surface area contributed by atoms with E-state index >= 15 is 0 Å². The van der Waals surface area contributed by atoms with Gasteiger partial charge in [0, 0.05) is 18.2 Å². The van der Waals surface area contributed by atoms with Gasteiger partial charge in [0.15, 0.2) is 11.7 Å². The molecule has 7 nitrogen and oxygen atoms in total. The summed E-state index contributed by atoms with van der Waals surface area (Å²) in [6.45, 7) is 5.00. The molecule has 8 heteroatoms. The molecule has 0 radical (unpaired) electrons. The molecule has 2 heterocycles. The third-order valence-electron chi connectivity index (χ3n) is 4.81. The molecule has 0 spiro atoms. The number of oxazole rings is 2. The molecule has 4 rings (SSSR count). The van der Waals surface area contributed by atoms with Crippen LogP contribution >= 0.6 is 24.0 Å². The molecular weight excluding hydrogens is 517 g/mol. The van der Waals surface area contributed by atoms with E-state index < -0.39 is 0 Å². The van der Waals surface area contributed by atoms with Crippen molar-refractivity contribution in [3.63, 3.8) is 0 Å². The molecule has 2 aromatic heterocycles. The Bertz CT molecular complexity index is 1070. The van der Waals surface area contributed by atoms with Crippen LogP contribution in [0.25, 0.3) is 22.8 Å². The van der Waals surface area contributed by atoms with Gasteiger partial charge >= 0.3 is 0 Å². The molecule has 0 saturated heterocycles. The molecule has 0 unspecified atom stereocenters. The summed E-state index contributed by atoms with van der Waals surface area (Å²) in [7, 11) is 1.71. The second-order valence-electron chi connectivity index (χ2n) is 7.27. The molecule has 0 aliphatic carbocycles. The lowest BCUT2D eigenvalue weighted by Gasteiger charge is -2.09. The van der Waals surface area contributed by atoms with Crippen molar-refractivity contribution in [2.24, 2.45) is 4.99 Å². The average molecular weight is 543 g/mol. The van der Waals surface area contributed by atoms with Crippen LogP contribution in [0, 0.1) is 13.8 Å². The normalized spacial score (nSPS) is 11.2. The highest BCUT2D eigenvalue weighted by Crippen LogP contribution is 2.21. The van der Waals surface area contributed by atoms with Crippen LogP contribution in [-0.4, -0.2) is 23.0 Å². The van der Waals surface area contributed by atoms with E-state index in [9.17, 15) is 0 Å². The van der Waals surface area contributed by atoms with Crippen molar-refractivity contribution in [1.82, 2.24) is 20.6 Å². The number of aryl methyl sites for hydroxylation is 2. The van der Waals surface area contributed by atoms with Gasteiger partial charge in [0.2, 0.25) is 11.8 Å². The number of halogens is 1. The molecule has 0 aliphatic heterocycles. The van der Waals surface area contributed by atoms with Crippen LogP contribution in [0.4, 0.5) is 0 Å². The van der Waals surface area contributed by atoms with Crippen molar-refractivity contribution < 1.29 is 8.83 Å². The summed E-state index contributed by atoms with van der Waals surface area (Å²) in [5, 5.41) is 6.42. The van der Waals surface area contributed by atoms with Gasteiger partial charge in [-0.1, -0.05) is 47.5 Å². The summed E-state index contributed by atoms with van der Waals surface area (Å²) >= 11 is 0. The van der Waals surface area contributed by atoms with E-state index in [0.29, 0.717) is 30.8 Å². The summed E-state index contributed by atoms with van der Waals surface area (Å²) < 4.78 is 11.4. The zero-order valence-electron chi connectivity index (χ0n) is 18.3. The Morgan fingerprint density at radius 3 is 2.19 bits per heavy atom. The molecule has 2 N–H and O–H groups in total. The Hall–Kier alpha value is -3.14. The van der Waals surface area contributed by atoms with Crippen LogP contribution in [0.2, 0.25) is 0 Å². The van der Waals surface area contributed by atoms with Gasteiger partial charge in [-0.2, -0.15) is 0 Å². The van der Waals surface area contributed by atoms with E-state index in [0.717, 1.165) is 22.6 Å². The molecule has 4 aromatic rings. The third kappa shape index (κ3) is 5.97. The minimum absolute atomic E-state index is 0. The number of guanidine groups is 1.